The fraction of sp³-hybridized carbons (Fsp3) is 0.500. The second-order valence-electron chi connectivity index (χ2n) is 4.50. The van der Waals surface area contributed by atoms with Crippen LogP contribution in [0.5, 0.6) is 0 Å². The van der Waals surface area contributed by atoms with Gasteiger partial charge < -0.3 is 10.4 Å². The maximum absolute atomic E-state index is 10.9. The molecule has 1 atom stereocenters. The molecule has 0 aliphatic heterocycles. The van der Waals surface area contributed by atoms with Gasteiger partial charge in [0.2, 0.25) is 0 Å². The summed E-state index contributed by atoms with van der Waals surface area (Å²) in [4.78, 5) is 10.9. The summed E-state index contributed by atoms with van der Waals surface area (Å²) in [6.07, 6.45) is 0.662. The van der Waals surface area contributed by atoms with E-state index in [-0.39, 0.29) is 5.92 Å². The number of rotatable bonds is 6. The van der Waals surface area contributed by atoms with Crippen LogP contribution in [-0.4, -0.2) is 17.6 Å². The summed E-state index contributed by atoms with van der Waals surface area (Å²) in [5.41, 5.74) is 3.72. The number of benzene rings is 1. The van der Waals surface area contributed by atoms with E-state index in [1.807, 2.05) is 6.92 Å². The van der Waals surface area contributed by atoms with Crippen LogP contribution in [-0.2, 0) is 11.3 Å². The maximum Gasteiger partial charge on any atom is 0.307 e. The molecule has 17 heavy (non-hydrogen) atoms. The lowest BCUT2D eigenvalue weighted by molar-refractivity contribution is -0.141. The zero-order valence-corrected chi connectivity index (χ0v) is 10.8. The molecule has 0 amide bonds. The molecule has 1 rings (SSSR count). The number of aliphatic carboxylic acids is 1. The van der Waals surface area contributed by atoms with Gasteiger partial charge in [0.25, 0.3) is 0 Å². The molecule has 0 saturated heterocycles. The zero-order chi connectivity index (χ0) is 12.8. The third kappa shape index (κ3) is 4.19. The van der Waals surface area contributed by atoms with Gasteiger partial charge in [-0.05, 0) is 31.4 Å². The summed E-state index contributed by atoms with van der Waals surface area (Å²) in [7, 11) is 0. The van der Waals surface area contributed by atoms with Crippen LogP contribution in [0.2, 0.25) is 0 Å². The molecule has 0 heterocycles. The zero-order valence-electron chi connectivity index (χ0n) is 10.8. The highest BCUT2D eigenvalue weighted by atomic mass is 16.4. The highest BCUT2D eigenvalue weighted by Gasteiger charge is 2.13. The number of hydrogen-bond donors (Lipinski definition) is 2. The first-order valence-electron chi connectivity index (χ1n) is 6.04. The van der Waals surface area contributed by atoms with Crippen LogP contribution in [0.25, 0.3) is 0 Å². The maximum atomic E-state index is 10.9. The van der Waals surface area contributed by atoms with E-state index in [4.69, 9.17) is 5.11 Å². The molecule has 3 heteroatoms. The van der Waals surface area contributed by atoms with Crippen molar-refractivity contribution in [3.8, 4) is 0 Å². The number of carboxylic acid groups (broad SMARTS) is 1. The minimum atomic E-state index is -0.721. The molecular weight excluding hydrogens is 214 g/mol. The van der Waals surface area contributed by atoms with Gasteiger partial charge in [-0.2, -0.15) is 0 Å². The van der Waals surface area contributed by atoms with Crippen molar-refractivity contribution in [1.29, 1.82) is 0 Å². The summed E-state index contributed by atoms with van der Waals surface area (Å²) in [6.45, 7) is 7.30. The second kappa shape index (κ2) is 6.40. The lowest BCUT2D eigenvalue weighted by Crippen LogP contribution is -2.27. The number of aryl methyl sites for hydroxylation is 2. The first kappa shape index (κ1) is 13.7. The minimum absolute atomic E-state index is 0.292. The van der Waals surface area contributed by atoms with Crippen molar-refractivity contribution >= 4 is 5.97 Å². The van der Waals surface area contributed by atoms with Crippen molar-refractivity contribution < 1.29 is 9.90 Å². The molecule has 0 aromatic heterocycles. The van der Waals surface area contributed by atoms with Crippen molar-refractivity contribution in [1.82, 2.24) is 5.32 Å². The van der Waals surface area contributed by atoms with Crippen molar-refractivity contribution in [3.05, 3.63) is 34.9 Å². The molecule has 1 unspecified atom stereocenters. The lowest BCUT2D eigenvalue weighted by Gasteiger charge is -2.12. The summed E-state index contributed by atoms with van der Waals surface area (Å²) in [6, 6.07) is 6.33. The van der Waals surface area contributed by atoms with E-state index in [2.05, 4.69) is 37.4 Å². The summed E-state index contributed by atoms with van der Waals surface area (Å²) < 4.78 is 0. The SMILES string of the molecule is CCC(CNCc1cc(C)ccc1C)C(=O)O. The largest absolute Gasteiger partial charge is 0.481 e. The molecule has 0 saturated carbocycles. The monoisotopic (exact) mass is 235 g/mol. The molecule has 2 N–H and O–H groups in total. The van der Waals surface area contributed by atoms with Gasteiger partial charge in [-0.1, -0.05) is 30.7 Å². The Balaban J connectivity index is 2.50. The molecule has 1 aromatic carbocycles. The number of nitrogens with one attached hydrogen (secondary N) is 1. The normalized spacial score (nSPS) is 12.4. The Bertz CT molecular complexity index is 388. The molecule has 3 nitrogen and oxygen atoms in total. The molecule has 0 bridgehead atoms. The Morgan fingerprint density at radius 3 is 2.71 bits per heavy atom. The second-order valence-corrected chi connectivity index (χ2v) is 4.50. The van der Waals surface area contributed by atoms with Gasteiger partial charge in [0.15, 0.2) is 0 Å². The molecule has 0 aliphatic rings. The standard InChI is InChI=1S/C14H21NO2/c1-4-12(14(16)17)8-15-9-13-7-10(2)5-6-11(13)3/h5-7,12,15H,4,8-9H2,1-3H3,(H,16,17). The quantitative estimate of drug-likeness (QED) is 0.796. The van der Waals surface area contributed by atoms with Crippen molar-refractivity contribution in [2.75, 3.05) is 6.54 Å². The summed E-state index contributed by atoms with van der Waals surface area (Å²) in [5.74, 6) is -1.01. The number of carbonyl (C=O) groups is 1. The Morgan fingerprint density at radius 2 is 2.12 bits per heavy atom. The average Bonchev–Trinajstić information content (AvgIpc) is 2.28. The van der Waals surface area contributed by atoms with E-state index < -0.39 is 5.97 Å². The van der Waals surface area contributed by atoms with E-state index in [1.54, 1.807) is 0 Å². The highest BCUT2D eigenvalue weighted by molar-refractivity contribution is 5.70. The third-order valence-corrected chi connectivity index (χ3v) is 3.05. The van der Waals surface area contributed by atoms with E-state index in [0.29, 0.717) is 13.0 Å². The van der Waals surface area contributed by atoms with Gasteiger partial charge in [0.1, 0.15) is 0 Å². The fourth-order valence-corrected chi connectivity index (χ4v) is 1.78. The number of hydrogen-bond acceptors (Lipinski definition) is 2. The van der Waals surface area contributed by atoms with Gasteiger partial charge in [0, 0.05) is 13.1 Å². The molecule has 94 valence electrons. The molecule has 0 aliphatic carbocycles. The molecular formula is C14H21NO2. The molecule has 0 radical (unpaired) electrons. The minimum Gasteiger partial charge on any atom is -0.481 e. The molecule has 0 fully saturated rings. The predicted octanol–water partition coefficient (Wildman–Crippen LogP) is 2.50. The van der Waals surface area contributed by atoms with Crippen LogP contribution in [0, 0.1) is 19.8 Å². The van der Waals surface area contributed by atoms with Gasteiger partial charge >= 0.3 is 5.97 Å². The van der Waals surface area contributed by atoms with E-state index in [0.717, 1.165) is 6.54 Å². The van der Waals surface area contributed by atoms with Crippen LogP contribution in [0.1, 0.15) is 30.0 Å². The number of carboxylic acids is 1. The van der Waals surface area contributed by atoms with Crippen molar-refractivity contribution in [2.24, 2.45) is 5.92 Å². The van der Waals surface area contributed by atoms with Crippen molar-refractivity contribution in [3.63, 3.8) is 0 Å². The smallest absolute Gasteiger partial charge is 0.307 e. The Labute approximate surface area is 103 Å². The van der Waals surface area contributed by atoms with Gasteiger partial charge in [-0.15, -0.1) is 0 Å². The first-order chi connectivity index (χ1) is 8.04. The third-order valence-electron chi connectivity index (χ3n) is 3.05. The molecule has 0 spiro atoms. The topological polar surface area (TPSA) is 49.3 Å². The Kier molecular flexibility index (Phi) is 5.16. The molecule has 1 aromatic rings. The highest BCUT2D eigenvalue weighted by Crippen LogP contribution is 2.10. The van der Waals surface area contributed by atoms with Crippen molar-refractivity contribution in [2.45, 2.75) is 33.7 Å². The van der Waals surface area contributed by atoms with E-state index in [1.165, 1.54) is 16.7 Å². The van der Waals surface area contributed by atoms with E-state index in [9.17, 15) is 4.79 Å². The van der Waals surface area contributed by atoms with Crippen LogP contribution >= 0.6 is 0 Å². The van der Waals surface area contributed by atoms with Crippen LogP contribution in [0.3, 0.4) is 0 Å². The average molecular weight is 235 g/mol. The predicted molar refractivity (Wildman–Crippen MR) is 69.0 cm³/mol. The Hall–Kier alpha value is -1.35. The van der Waals surface area contributed by atoms with Gasteiger partial charge in [-0.25, -0.2) is 0 Å². The first-order valence-corrected chi connectivity index (χ1v) is 6.04. The Morgan fingerprint density at radius 1 is 1.41 bits per heavy atom. The summed E-state index contributed by atoms with van der Waals surface area (Å²) in [5, 5.41) is 12.2. The van der Waals surface area contributed by atoms with E-state index >= 15 is 0 Å². The summed E-state index contributed by atoms with van der Waals surface area (Å²) >= 11 is 0. The lowest BCUT2D eigenvalue weighted by atomic mass is 10.0. The van der Waals surface area contributed by atoms with Crippen LogP contribution in [0.4, 0.5) is 0 Å². The van der Waals surface area contributed by atoms with Crippen LogP contribution in [0.15, 0.2) is 18.2 Å². The van der Waals surface area contributed by atoms with Gasteiger partial charge in [-0.3, -0.25) is 4.79 Å². The van der Waals surface area contributed by atoms with Crippen LogP contribution < -0.4 is 5.32 Å². The fourth-order valence-electron chi connectivity index (χ4n) is 1.78. The van der Waals surface area contributed by atoms with Gasteiger partial charge in [0.05, 0.1) is 5.92 Å².